The largest absolute Gasteiger partial charge is 0.370 e. The Morgan fingerprint density at radius 2 is 2.20 bits per heavy atom. The summed E-state index contributed by atoms with van der Waals surface area (Å²) in [4.78, 5) is 13.5. The highest BCUT2D eigenvalue weighted by atomic mass is 16.1. The lowest BCUT2D eigenvalue weighted by molar-refractivity contribution is -0.119. The van der Waals surface area contributed by atoms with E-state index in [0.717, 1.165) is 25.4 Å². The summed E-state index contributed by atoms with van der Waals surface area (Å²) < 4.78 is 0. The van der Waals surface area contributed by atoms with Crippen LogP contribution in [0.1, 0.15) is 39.0 Å². The van der Waals surface area contributed by atoms with E-state index in [2.05, 4.69) is 11.8 Å². The quantitative estimate of drug-likeness (QED) is 0.698. The Balaban J connectivity index is 2.08. The third-order valence-electron chi connectivity index (χ3n) is 3.81. The van der Waals surface area contributed by atoms with E-state index in [1.165, 1.54) is 12.8 Å². The molecular weight excluding hydrogens is 190 g/mol. The number of likely N-dealkylation sites (tertiary alicyclic amines) is 1. The molecular formula is C11H21N3O. The molecule has 0 aromatic carbocycles. The molecule has 2 rings (SSSR count). The number of carbonyl (C=O) groups is 1. The molecule has 1 saturated heterocycles. The van der Waals surface area contributed by atoms with Crippen molar-refractivity contribution in [2.24, 2.45) is 11.5 Å². The van der Waals surface area contributed by atoms with Crippen LogP contribution in [0.3, 0.4) is 0 Å². The molecule has 0 radical (unpaired) electrons. The average Bonchev–Trinajstić information content (AvgIpc) is 2.90. The summed E-state index contributed by atoms with van der Waals surface area (Å²) in [7, 11) is 0. The van der Waals surface area contributed by atoms with Gasteiger partial charge in [-0.1, -0.05) is 6.92 Å². The maximum atomic E-state index is 11.0. The number of rotatable bonds is 4. The standard InChI is InChI=1S/C11H21N3O/c1-2-9-11(13,7-10(12)15)5-6-14(9)8-3-4-8/h8-9H,2-7,13H2,1H3,(H2,12,15). The van der Waals surface area contributed by atoms with Crippen LogP contribution < -0.4 is 11.5 Å². The molecule has 15 heavy (non-hydrogen) atoms. The molecule has 2 fully saturated rings. The maximum absolute atomic E-state index is 11.0. The van der Waals surface area contributed by atoms with Crippen LogP contribution in [0.5, 0.6) is 0 Å². The van der Waals surface area contributed by atoms with Crippen LogP contribution in [0.25, 0.3) is 0 Å². The van der Waals surface area contributed by atoms with Crippen molar-refractivity contribution in [3.8, 4) is 0 Å². The van der Waals surface area contributed by atoms with Gasteiger partial charge in [-0.3, -0.25) is 9.69 Å². The Hall–Kier alpha value is -0.610. The molecule has 2 unspecified atom stereocenters. The number of nitrogens with two attached hydrogens (primary N) is 2. The highest BCUT2D eigenvalue weighted by Crippen LogP contribution is 2.39. The molecule has 0 aromatic rings. The van der Waals surface area contributed by atoms with Crippen molar-refractivity contribution in [3.05, 3.63) is 0 Å². The van der Waals surface area contributed by atoms with Crippen molar-refractivity contribution >= 4 is 5.91 Å². The van der Waals surface area contributed by atoms with Crippen LogP contribution in [0.2, 0.25) is 0 Å². The number of nitrogens with zero attached hydrogens (tertiary/aromatic N) is 1. The molecule has 4 nitrogen and oxygen atoms in total. The Morgan fingerprint density at radius 3 is 2.67 bits per heavy atom. The maximum Gasteiger partial charge on any atom is 0.219 e. The molecule has 1 saturated carbocycles. The summed E-state index contributed by atoms with van der Waals surface area (Å²) in [6.07, 6.45) is 4.84. The van der Waals surface area contributed by atoms with Crippen LogP contribution in [0, 0.1) is 0 Å². The molecule has 1 aliphatic carbocycles. The lowest BCUT2D eigenvalue weighted by Crippen LogP contribution is -2.53. The molecule has 2 atom stereocenters. The van der Waals surface area contributed by atoms with Crippen molar-refractivity contribution in [3.63, 3.8) is 0 Å². The fourth-order valence-corrected chi connectivity index (χ4v) is 3.00. The highest BCUT2D eigenvalue weighted by molar-refractivity contribution is 5.75. The minimum absolute atomic E-state index is 0.270. The Labute approximate surface area is 91.0 Å². The molecule has 1 amide bonds. The van der Waals surface area contributed by atoms with E-state index in [1.54, 1.807) is 0 Å². The van der Waals surface area contributed by atoms with Gasteiger partial charge >= 0.3 is 0 Å². The van der Waals surface area contributed by atoms with E-state index >= 15 is 0 Å². The van der Waals surface area contributed by atoms with E-state index in [0.29, 0.717) is 12.5 Å². The Kier molecular flexibility index (Phi) is 2.73. The van der Waals surface area contributed by atoms with Crippen LogP contribution in [0.15, 0.2) is 0 Å². The topological polar surface area (TPSA) is 72.3 Å². The van der Waals surface area contributed by atoms with Gasteiger partial charge in [0.05, 0.1) is 0 Å². The monoisotopic (exact) mass is 211 g/mol. The van der Waals surface area contributed by atoms with Crippen molar-refractivity contribution in [2.45, 2.75) is 56.7 Å². The minimum atomic E-state index is -0.372. The first-order valence-corrected chi connectivity index (χ1v) is 5.90. The van der Waals surface area contributed by atoms with E-state index in [-0.39, 0.29) is 11.4 Å². The van der Waals surface area contributed by atoms with Gasteiger partial charge in [0.1, 0.15) is 0 Å². The summed E-state index contributed by atoms with van der Waals surface area (Å²) in [6, 6.07) is 1.07. The first-order valence-electron chi connectivity index (χ1n) is 5.90. The second kappa shape index (κ2) is 3.76. The van der Waals surface area contributed by atoms with Crippen LogP contribution in [-0.2, 0) is 4.79 Å². The van der Waals surface area contributed by atoms with Gasteiger partial charge in [-0.2, -0.15) is 0 Å². The summed E-state index contributed by atoms with van der Waals surface area (Å²) >= 11 is 0. The van der Waals surface area contributed by atoms with Gasteiger partial charge in [-0.05, 0) is 25.7 Å². The van der Waals surface area contributed by atoms with Crippen molar-refractivity contribution in [1.29, 1.82) is 0 Å². The van der Waals surface area contributed by atoms with Gasteiger partial charge in [0.2, 0.25) is 5.91 Å². The third-order valence-corrected chi connectivity index (χ3v) is 3.81. The highest BCUT2D eigenvalue weighted by Gasteiger charge is 2.48. The van der Waals surface area contributed by atoms with Gasteiger partial charge in [0.15, 0.2) is 0 Å². The molecule has 2 aliphatic rings. The molecule has 0 aromatic heterocycles. The zero-order chi connectivity index (χ0) is 11.1. The lowest BCUT2D eigenvalue weighted by atomic mass is 9.86. The molecule has 0 bridgehead atoms. The normalized spacial score (nSPS) is 37.1. The third kappa shape index (κ3) is 2.01. The summed E-state index contributed by atoms with van der Waals surface area (Å²) in [6.45, 7) is 3.18. The van der Waals surface area contributed by atoms with Gasteiger partial charge in [0.25, 0.3) is 0 Å². The van der Waals surface area contributed by atoms with Crippen molar-refractivity contribution in [1.82, 2.24) is 4.90 Å². The van der Waals surface area contributed by atoms with Gasteiger partial charge in [-0.15, -0.1) is 0 Å². The van der Waals surface area contributed by atoms with E-state index in [9.17, 15) is 4.79 Å². The zero-order valence-corrected chi connectivity index (χ0v) is 9.41. The van der Waals surface area contributed by atoms with Crippen LogP contribution in [-0.4, -0.2) is 35.0 Å². The molecule has 1 aliphatic heterocycles. The molecule has 0 spiro atoms. The van der Waals surface area contributed by atoms with Gasteiger partial charge < -0.3 is 11.5 Å². The fraction of sp³-hybridized carbons (Fsp3) is 0.909. The van der Waals surface area contributed by atoms with Crippen molar-refractivity contribution < 1.29 is 4.79 Å². The van der Waals surface area contributed by atoms with Gasteiger partial charge in [-0.25, -0.2) is 0 Å². The molecule has 4 heteroatoms. The van der Waals surface area contributed by atoms with Crippen molar-refractivity contribution in [2.75, 3.05) is 6.54 Å². The van der Waals surface area contributed by atoms with Crippen LogP contribution >= 0.6 is 0 Å². The fourth-order valence-electron chi connectivity index (χ4n) is 3.00. The number of hydrogen-bond donors (Lipinski definition) is 2. The SMILES string of the molecule is CCC1N(C2CC2)CCC1(N)CC(N)=O. The first-order chi connectivity index (χ1) is 7.07. The van der Waals surface area contributed by atoms with E-state index < -0.39 is 0 Å². The predicted molar refractivity (Wildman–Crippen MR) is 59.2 cm³/mol. The predicted octanol–water partition coefficient (Wildman–Crippen LogP) is 0.206. The summed E-state index contributed by atoms with van der Waals surface area (Å²) in [5.41, 5.74) is 11.2. The number of hydrogen-bond acceptors (Lipinski definition) is 3. The Bertz CT molecular complexity index is 265. The zero-order valence-electron chi connectivity index (χ0n) is 9.41. The molecule has 1 heterocycles. The van der Waals surface area contributed by atoms with Crippen LogP contribution in [0.4, 0.5) is 0 Å². The number of primary amides is 1. The summed E-state index contributed by atoms with van der Waals surface area (Å²) in [5, 5.41) is 0. The second-order valence-corrected chi connectivity index (χ2v) is 5.02. The number of carbonyl (C=O) groups excluding carboxylic acids is 1. The second-order valence-electron chi connectivity index (χ2n) is 5.02. The lowest BCUT2D eigenvalue weighted by Gasteiger charge is -2.34. The minimum Gasteiger partial charge on any atom is -0.370 e. The molecule has 86 valence electrons. The average molecular weight is 211 g/mol. The Morgan fingerprint density at radius 1 is 1.53 bits per heavy atom. The van der Waals surface area contributed by atoms with Gasteiger partial charge in [0, 0.05) is 30.6 Å². The molecule has 4 N–H and O–H groups in total. The number of amides is 1. The van der Waals surface area contributed by atoms with E-state index in [4.69, 9.17) is 11.5 Å². The summed E-state index contributed by atoms with van der Waals surface area (Å²) in [5.74, 6) is -0.270. The smallest absolute Gasteiger partial charge is 0.219 e. The van der Waals surface area contributed by atoms with E-state index in [1.807, 2.05) is 0 Å². The first kappa shape index (κ1) is 10.9.